The predicted octanol–water partition coefficient (Wildman–Crippen LogP) is 4.84. The average Bonchev–Trinajstić information content (AvgIpc) is 2.51. The third-order valence-corrected chi connectivity index (χ3v) is 4.92. The van der Waals surface area contributed by atoms with Crippen LogP contribution in [0.2, 0.25) is 0 Å². The molecule has 0 N–H and O–H groups in total. The van der Waals surface area contributed by atoms with Crippen LogP contribution in [0.1, 0.15) is 54.7 Å². The Bertz CT molecular complexity index is 636. The Balaban J connectivity index is 2.03. The van der Waals surface area contributed by atoms with Gasteiger partial charge in [0.05, 0.1) is 0 Å². The number of nitrogens with zero attached hydrogens (tertiary/aromatic N) is 1. The van der Waals surface area contributed by atoms with E-state index < -0.39 is 0 Å². The fourth-order valence-electron chi connectivity index (χ4n) is 3.55. The molecule has 1 aromatic heterocycles. The average molecular weight is 280 g/mol. The lowest BCUT2D eigenvalue weighted by molar-refractivity contribution is -0.660. The van der Waals surface area contributed by atoms with E-state index in [0.29, 0.717) is 0 Å². The maximum atomic E-state index is 2.44. The summed E-state index contributed by atoms with van der Waals surface area (Å²) in [6.07, 6.45) is 9.10. The molecular formula is C20H26N+. The molecule has 1 fully saturated rings. The first kappa shape index (κ1) is 14.3. The van der Waals surface area contributed by atoms with Crippen molar-refractivity contribution in [1.29, 1.82) is 0 Å². The van der Waals surface area contributed by atoms with Crippen LogP contribution in [0, 0.1) is 13.8 Å². The summed E-state index contributed by atoms with van der Waals surface area (Å²) >= 11 is 0. The Morgan fingerprint density at radius 3 is 2.48 bits per heavy atom. The van der Waals surface area contributed by atoms with Gasteiger partial charge in [0, 0.05) is 17.7 Å². The fraction of sp³-hybridized carbons (Fsp3) is 0.450. The van der Waals surface area contributed by atoms with E-state index in [0.717, 1.165) is 5.92 Å². The number of aryl methyl sites for hydroxylation is 3. The van der Waals surface area contributed by atoms with Crippen molar-refractivity contribution in [3.8, 4) is 11.3 Å². The zero-order chi connectivity index (χ0) is 14.8. The number of benzene rings is 1. The van der Waals surface area contributed by atoms with Crippen LogP contribution in [0.15, 0.2) is 36.5 Å². The van der Waals surface area contributed by atoms with Gasteiger partial charge in [-0.1, -0.05) is 31.4 Å². The van der Waals surface area contributed by atoms with Crippen LogP contribution < -0.4 is 4.57 Å². The molecule has 0 bridgehead atoms. The second-order valence-electron chi connectivity index (χ2n) is 6.61. The van der Waals surface area contributed by atoms with Crippen LogP contribution in [-0.4, -0.2) is 0 Å². The molecule has 1 saturated carbocycles. The van der Waals surface area contributed by atoms with Gasteiger partial charge in [-0.05, 0) is 55.4 Å². The Morgan fingerprint density at radius 1 is 0.952 bits per heavy atom. The maximum Gasteiger partial charge on any atom is 0.212 e. The normalized spacial score (nSPS) is 16.1. The lowest BCUT2D eigenvalue weighted by atomic mass is 9.83. The van der Waals surface area contributed by atoms with Crippen molar-refractivity contribution in [3.05, 3.63) is 53.2 Å². The van der Waals surface area contributed by atoms with E-state index >= 15 is 0 Å². The van der Waals surface area contributed by atoms with Gasteiger partial charge in [0.1, 0.15) is 7.05 Å². The zero-order valence-corrected chi connectivity index (χ0v) is 13.5. The van der Waals surface area contributed by atoms with E-state index in [2.05, 4.69) is 62.0 Å². The molecule has 1 aliphatic rings. The summed E-state index contributed by atoms with van der Waals surface area (Å²) in [5.41, 5.74) is 6.95. The van der Waals surface area contributed by atoms with Crippen molar-refractivity contribution in [3.63, 3.8) is 0 Å². The number of pyridine rings is 1. The fourth-order valence-corrected chi connectivity index (χ4v) is 3.55. The second-order valence-corrected chi connectivity index (χ2v) is 6.61. The first-order valence-electron chi connectivity index (χ1n) is 8.22. The molecule has 1 nitrogen and oxygen atoms in total. The van der Waals surface area contributed by atoms with Gasteiger partial charge in [-0.15, -0.1) is 0 Å². The molecular weight excluding hydrogens is 254 g/mol. The summed E-state index contributed by atoms with van der Waals surface area (Å²) in [4.78, 5) is 0. The van der Waals surface area contributed by atoms with E-state index in [1.807, 2.05) is 0 Å². The highest BCUT2D eigenvalue weighted by Gasteiger charge is 2.19. The number of hydrogen-bond donors (Lipinski definition) is 0. The molecule has 0 aliphatic heterocycles. The molecule has 2 aromatic rings. The highest BCUT2D eigenvalue weighted by Crippen LogP contribution is 2.35. The molecule has 0 unspecified atom stereocenters. The van der Waals surface area contributed by atoms with Gasteiger partial charge in [-0.25, -0.2) is 4.57 Å². The minimum atomic E-state index is 0.771. The summed E-state index contributed by atoms with van der Waals surface area (Å²) in [5.74, 6) is 0.771. The summed E-state index contributed by atoms with van der Waals surface area (Å²) in [6.45, 7) is 4.39. The van der Waals surface area contributed by atoms with E-state index in [1.54, 1.807) is 0 Å². The topological polar surface area (TPSA) is 3.88 Å². The number of hydrogen-bond acceptors (Lipinski definition) is 0. The molecule has 1 aromatic carbocycles. The van der Waals surface area contributed by atoms with Gasteiger partial charge in [0.15, 0.2) is 6.20 Å². The summed E-state index contributed by atoms with van der Waals surface area (Å²) < 4.78 is 2.24. The monoisotopic (exact) mass is 280 g/mol. The maximum absolute atomic E-state index is 2.44. The largest absolute Gasteiger partial charge is 0.212 e. The van der Waals surface area contributed by atoms with Crippen LogP contribution in [0.3, 0.4) is 0 Å². The molecule has 0 atom stereocenters. The smallest absolute Gasteiger partial charge is 0.201 e. The summed E-state index contributed by atoms with van der Waals surface area (Å²) in [6, 6.07) is 11.6. The molecule has 21 heavy (non-hydrogen) atoms. The zero-order valence-electron chi connectivity index (χ0n) is 13.5. The highest BCUT2D eigenvalue weighted by atomic mass is 14.9. The van der Waals surface area contributed by atoms with Gasteiger partial charge in [-0.3, -0.25) is 0 Å². The van der Waals surface area contributed by atoms with Crippen LogP contribution in [0.25, 0.3) is 11.3 Å². The van der Waals surface area contributed by atoms with E-state index in [9.17, 15) is 0 Å². The highest BCUT2D eigenvalue weighted by molar-refractivity contribution is 5.62. The Morgan fingerprint density at radius 2 is 1.71 bits per heavy atom. The third kappa shape index (κ3) is 3.02. The van der Waals surface area contributed by atoms with Gasteiger partial charge >= 0.3 is 0 Å². The van der Waals surface area contributed by atoms with Gasteiger partial charge in [-0.2, -0.15) is 0 Å². The lowest BCUT2D eigenvalue weighted by Crippen LogP contribution is -2.30. The van der Waals surface area contributed by atoms with Crippen molar-refractivity contribution in [1.82, 2.24) is 0 Å². The quantitative estimate of drug-likeness (QED) is 0.693. The lowest BCUT2D eigenvalue weighted by Gasteiger charge is -2.22. The molecule has 0 spiro atoms. The number of aromatic nitrogens is 1. The van der Waals surface area contributed by atoms with Crippen molar-refractivity contribution >= 4 is 0 Å². The number of rotatable bonds is 2. The molecule has 0 amide bonds. The Labute approximate surface area is 128 Å². The first-order valence-corrected chi connectivity index (χ1v) is 8.22. The van der Waals surface area contributed by atoms with Crippen molar-refractivity contribution in [2.75, 3.05) is 0 Å². The van der Waals surface area contributed by atoms with E-state index in [1.165, 1.54) is 60.1 Å². The third-order valence-electron chi connectivity index (χ3n) is 4.92. The van der Waals surface area contributed by atoms with E-state index in [-0.39, 0.29) is 0 Å². The second kappa shape index (κ2) is 6.01. The van der Waals surface area contributed by atoms with E-state index in [4.69, 9.17) is 0 Å². The molecule has 1 heteroatoms. The minimum Gasteiger partial charge on any atom is -0.201 e. The van der Waals surface area contributed by atoms with Crippen LogP contribution in [0.4, 0.5) is 0 Å². The molecule has 0 saturated heterocycles. The van der Waals surface area contributed by atoms with Gasteiger partial charge in [0.25, 0.3) is 0 Å². The predicted molar refractivity (Wildman–Crippen MR) is 88.4 cm³/mol. The first-order chi connectivity index (χ1) is 10.1. The van der Waals surface area contributed by atoms with Gasteiger partial charge in [0.2, 0.25) is 5.69 Å². The molecule has 1 heterocycles. The summed E-state index contributed by atoms with van der Waals surface area (Å²) in [7, 11) is 2.14. The molecule has 0 radical (unpaired) electrons. The van der Waals surface area contributed by atoms with Crippen molar-refractivity contribution in [2.45, 2.75) is 51.9 Å². The Hall–Kier alpha value is -1.63. The van der Waals surface area contributed by atoms with Crippen LogP contribution in [0.5, 0.6) is 0 Å². The Kier molecular flexibility index (Phi) is 4.10. The molecule has 3 rings (SSSR count). The SMILES string of the molecule is Cc1cc[n+](C)c(-c2cc(C3CCCCC3)ccc2C)c1. The van der Waals surface area contributed by atoms with Crippen molar-refractivity contribution in [2.24, 2.45) is 7.05 Å². The standard InChI is InChI=1S/C20H26N/c1-15-11-12-21(3)20(13-15)19-14-18(10-9-16(19)2)17-7-5-4-6-8-17/h9-14,17H,4-8H2,1-3H3/q+1. The molecule has 1 aliphatic carbocycles. The van der Waals surface area contributed by atoms with Crippen molar-refractivity contribution < 1.29 is 4.57 Å². The van der Waals surface area contributed by atoms with Gasteiger partial charge < -0.3 is 0 Å². The van der Waals surface area contributed by atoms with Crippen LogP contribution in [-0.2, 0) is 7.05 Å². The molecule has 110 valence electrons. The minimum absolute atomic E-state index is 0.771. The van der Waals surface area contributed by atoms with Crippen LogP contribution >= 0.6 is 0 Å². The summed E-state index contributed by atoms with van der Waals surface area (Å²) in [5, 5.41) is 0.